The van der Waals surface area contributed by atoms with Crippen molar-refractivity contribution in [2.75, 3.05) is 26.2 Å². The average molecular weight is 904 g/mol. The van der Waals surface area contributed by atoms with E-state index in [4.69, 9.17) is 0 Å². The van der Waals surface area contributed by atoms with Gasteiger partial charge in [0.15, 0.2) is 0 Å². The van der Waals surface area contributed by atoms with Gasteiger partial charge in [0.2, 0.25) is 11.8 Å². The summed E-state index contributed by atoms with van der Waals surface area (Å²) in [6.07, 6.45) is 59.2. The van der Waals surface area contributed by atoms with Gasteiger partial charge in [-0.15, -0.1) is 0 Å². The second-order valence-electron chi connectivity index (χ2n) is 20.6. The van der Waals surface area contributed by atoms with Crippen molar-refractivity contribution in [2.45, 2.75) is 342 Å². The number of amides is 2. The number of rotatable bonds is 54. The van der Waals surface area contributed by atoms with E-state index in [1.807, 2.05) is 0 Å². The predicted molar refractivity (Wildman–Crippen MR) is 283 cm³/mol. The highest BCUT2D eigenvalue weighted by molar-refractivity contribution is 5.76. The van der Waals surface area contributed by atoms with Gasteiger partial charge in [0.25, 0.3) is 0 Å². The molecule has 64 heavy (non-hydrogen) atoms. The maximum absolute atomic E-state index is 13.3. The summed E-state index contributed by atoms with van der Waals surface area (Å²) in [4.78, 5) is 31.0. The van der Waals surface area contributed by atoms with Crippen molar-refractivity contribution in [2.24, 2.45) is 0 Å². The van der Waals surface area contributed by atoms with Crippen LogP contribution in [0.4, 0.5) is 0 Å². The Morgan fingerprint density at radius 2 is 0.469 bits per heavy atom. The monoisotopic (exact) mass is 903 g/mol. The van der Waals surface area contributed by atoms with Crippen LogP contribution in [-0.2, 0) is 9.59 Å². The Hall–Kier alpha value is -1.10. The van der Waals surface area contributed by atoms with Crippen molar-refractivity contribution in [3.8, 4) is 0 Å². The molecule has 1 N–H and O–H groups in total. The minimum absolute atomic E-state index is 0.156. The summed E-state index contributed by atoms with van der Waals surface area (Å²) in [7, 11) is 0. The van der Waals surface area contributed by atoms with E-state index in [0.29, 0.717) is 11.8 Å². The first kappa shape index (κ1) is 62.9. The first-order valence-electron chi connectivity index (χ1n) is 29.7. The minimum Gasteiger partial charge on any atom is -0.393 e. The highest BCUT2D eigenvalue weighted by atomic mass is 16.3. The number of aliphatic hydroxyl groups excluding tert-OH is 1. The Labute approximate surface area is 403 Å². The molecule has 0 rings (SSSR count). The molecule has 0 aromatic heterocycles. The summed E-state index contributed by atoms with van der Waals surface area (Å²) in [5, 5.41) is 10.6. The first-order valence-corrected chi connectivity index (χ1v) is 29.7. The van der Waals surface area contributed by atoms with Gasteiger partial charge in [-0.1, -0.05) is 272 Å². The van der Waals surface area contributed by atoms with E-state index in [1.165, 1.54) is 244 Å². The molecule has 0 aliphatic rings. The molecule has 0 aromatic carbocycles. The lowest BCUT2D eigenvalue weighted by Crippen LogP contribution is -2.32. The van der Waals surface area contributed by atoms with Crippen molar-refractivity contribution in [1.82, 2.24) is 9.80 Å². The van der Waals surface area contributed by atoms with Gasteiger partial charge in [-0.25, -0.2) is 0 Å². The number of aliphatic hydroxyl groups is 1. The molecule has 0 heterocycles. The molecule has 5 heteroatoms. The van der Waals surface area contributed by atoms with Gasteiger partial charge in [0, 0.05) is 39.0 Å². The van der Waals surface area contributed by atoms with Crippen LogP contribution in [0, 0.1) is 0 Å². The lowest BCUT2D eigenvalue weighted by atomic mass is 10.0. The molecule has 0 aliphatic carbocycles. The Kier molecular flexibility index (Phi) is 52.0. The normalized spacial score (nSPS) is 11.6. The maximum Gasteiger partial charge on any atom is 0.222 e. The molecule has 382 valence electrons. The third-order valence-electron chi connectivity index (χ3n) is 14.2. The number of hydrogen-bond donors (Lipinski definition) is 1. The zero-order valence-corrected chi connectivity index (χ0v) is 44.5. The molecule has 0 spiro atoms. The van der Waals surface area contributed by atoms with Crippen molar-refractivity contribution in [3.05, 3.63) is 0 Å². The van der Waals surface area contributed by atoms with E-state index >= 15 is 0 Å². The molecule has 0 aliphatic heterocycles. The average Bonchev–Trinajstić information content (AvgIpc) is 3.29. The van der Waals surface area contributed by atoms with E-state index in [2.05, 4.69) is 37.5 Å². The molecule has 0 saturated carbocycles. The molecular weight excluding hydrogens is 785 g/mol. The Balaban J connectivity index is 4.14. The van der Waals surface area contributed by atoms with Gasteiger partial charge >= 0.3 is 0 Å². The van der Waals surface area contributed by atoms with Crippen LogP contribution in [0.25, 0.3) is 0 Å². The lowest BCUT2D eigenvalue weighted by Gasteiger charge is -2.23. The van der Waals surface area contributed by atoms with Crippen molar-refractivity contribution >= 4 is 11.8 Å². The standard InChI is InChI=1S/C59H118N2O3/c1-5-9-13-17-21-29-37-45-53-60(54-46-38-30-22-18-14-10-6-2)58(63)51-43-35-27-25-33-41-49-57(62)50-42-34-26-28-36-44-52-59(64)61(55-47-39-31-23-19-15-11-7-3)56-48-40-32-24-20-16-12-8-4/h57,62H,5-56H2,1-4H3. The summed E-state index contributed by atoms with van der Waals surface area (Å²) in [6.45, 7) is 13.0. The zero-order valence-electron chi connectivity index (χ0n) is 44.5. The van der Waals surface area contributed by atoms with Crippen LogP contribution in [0.15, 0.2) is 0 Å². The molecule has 0 unspecified atom stereocenters. The van der Waals surface area contributed by atoms with Crippen LogP contribution in [0.3, 0.4) is 0 Å². The SMILES string of the molecule is CCCCCCCCCCN(CCCCCCCCCC)C(=O)CCCCCCCCC(O)CCCCCCCCC(=O)N(CCCCCCCCCC)CCCCCCCCCC. The van der Waals surface area contributed by atoms with Gasteiger partial charge < -0.3 is 14.9 Å². The molecule has 5 nitrogen and oxygen atoms in total. The summed E-state index contributed by atoms with van der Waals surface area (Å²) >= 11 is 0. The fraction of sp³-hybridized carbons (Fsp3) is 0.966. The number of nitrogens with zero attached hydrogens (tertiary/aromatic N) is 2. The number of unbranched alkanes of at least 4 members (excludes halogenated alkanes) is 38. The molecule has 0 atom stereocenters. The molecule has 0 radical (unpaired) electrons. The van der Waals surface area contributed by atoms with E-state index in [-0.39, 0.29) is 6.10 Å². The van der Waals surface area contributed by atoms with Crippen LogP contribution < -0.4 is 0 Å². The summed E-state index contributed by atoms with van der Waals surface area (Å²) < 4.78 is 0. The van der Waals surface area contributed by atoms with Crippen LogP contribution in [0.2, 0.25) is 0 Å². The van der Waals surface area contributed by atoms with E-state index in [1.54, 1.807) is 0 Å². The van der Waals surface area contributed by atoms with E-state index in [9.17, 15) is 14.7 Å². The third kappa shape index (κ3) is 46.0. The summed E-state index contributed by atoms with van der Waals surface area (Å²) in [5.74, 6) is 0.805. The summed E-state index contributed by atoms with van der Waals surface area (Å²) in [5.41, 5.74) is 0. The molecule has 2 amide bonds. The predicted octanol–water partition coefficient (Wildman–Crippen LogP) is 18.8. The Bertz CT molecular complexity index is 814. The van der Waals surface area contributed by atoms with Crippen LogP contribution >= 0.6 is 0 Å². The molecular formula is C59H118N2O3. The van der Waals surface area contributed by atoms with Crippen molar-refractivity contribution < 1.29 is 14.7 Å². The molecule has 0 bridgehead atoms. The van der Waals surface area contributed by atoms with Crippen molar-refractivity contribution in [3.63, 3.8) is 0 Å². The van der Waals surface area contributed by atoms with Crippen LogP contribution in [0.1, 0.15) is 336 Å². The second kappa shape index (κ2) is 52.9. The second-order valence-corrected chi connectivity index (χ2v) is 20.6. The highest BCUT2D eigenvalue weighted by Gasteiger charge is 2.14. The topological polar surface area (TPSA) is 60.9 Å². The lowest BCUT2D eigenvalue weighted by molar-refractivity contribution is -0.132. The van der Waals surface area contributed by atoms with Gasteiger partial charge in [0.05, 0.1) is 6.10 Å². The Morgan fingerprint density at radius 1 is 0.281 bits per heavy atom. The minimum atomic E-state index is -0.156. The van der Waals surface area contributed by atoms with E-state index < -0.39 is 0 Å². The van der Waals surface area contributed by atoms with Gasteiger partial charge in [-0.3, -0.25) is 9.59 Å². The molecule has 0 saturated heterocycles. The van der Waals surface area contributed by atoms with Gasteiger partial charge in [-0.05, 0) is 51.4 Å². The quantitative estimate of drug-likeness (QED) is 0.0619. The van der Waals surface area contributed by atoms with Gasteiger partial charge in [0.1, 0.15) is 0 Å². The molecule has 0 aromatic rings. The highest BCUT2D eigenvalue weighted by Crippen LogP contribution is 2.18. The number of carbonyl (C=O) groups excluding carboxylic acids is 2. The summed E-state index contributed by atoms with van der Waals surface area (Å²) in [6, 6.07) is 0. The fourth-order valence-electron chi connectivity index (χ4n) is 9.66. The van der Waals surface area contributed by atoms with Crippen LogP contribution in [0.5, 0.6) is 0 Å². The molecule has 0 fully saturated rings. The largest absolute Gasteiger partial charge is 0.393 e. The Morgan fingerprint density at radius 3 is 0.703 bits per heavy atom. The number of carbonyl (C=O) groups is 2. The number of hydrogen-bond acceptors (Lipinski definition) is 3. The van der Waals surface area contributed by atoms with E-state index in [0.717, 1.165) is 90.4 Å². The van der Waals surface area contributed by atoms with Crippen molar-refractivity contribution in [1.29, 1.82) is 0 Å². The maximum atomic E-state index is 13.3. The first-order chi connectivity index (χ1) is 31.5. The van der Waals surface area contributed by atoms with Gasteiger partial charge in [-0.2, -0.15) is 0 Å². The fourth-order valence-corrected chi connectivity index (χ4v) is 9.66. The van der Waals surface area contributed by atoms with Crippen LogP contribution in [-0.4, -0.2) is 59.0 Å². The third-order valence-corrected chi connectivity index (χ3v) is 14.2. The zero-order chi connectivity index (χ0) is 46.7. The smallest absolute Gasteiger partial charge is 0.222 e.